The van der Waals surface area contributed by atoms with Gasteiger partial charge in [0.2, 0.25) is 0 Å². The van der Waals surface area contributed by atoms with Crippen LogP contribution in [-0.4, -0.2) is 22.3 Å². The summed E-state index contributed by atoms with van der Waals surface area (Å²) in [5.41, 5.74) is 1.48. The minimum absolute atomic E-state index is 0.00468. The van der Waals surface area contributed by atoms with Gasteiger partial charge in [0.1, 0.15) is 0 Å². The number of aliphatic hydroxyl groups is 1. The molecule has 4 fully saturated rings. The molecular formula is C17H20O3. The molecule has 3 nitrogen and oxygen atoms in total. The summed E-state index contributed by atoms with van der Waals surface area (Å²) >= 11 is 0. The molecule has 0 radical (unpaired) electrons. The van der Waals surface area contributed by atoms with Crippen molar-refractivity contribution in [3.05, 3.63) is 35.4 Å². The first-order valence-electron chi connectivity index (χ1n) is 7.60. The second-order valence-corrected chi connectivity index (χ2v) is 7.09. The first-order valence-corrected chi connectivity index (χ1v) is 7.60. The van der Waals surface area contributed by atoms with Gasteiger partial charge in [-0.2, -0.15) is 0 Å². The van der Waals surface area contributed by atoms with Gasteiger partial charge in [-0.3, -0.25) is 0 Å². The summed E-state index contributed by atoms with van der Waals surface area (Å²) < 4.78 is 0. The molecule has 4 bridgehead atoms. The molecule has 2 N–H and O–H groups in total. The van der Waals surface area contributed by atoms with Crippen molar-refractivity contribution in [1.29, 1.82) is 0 Å². The largest absolute Gasteiger partial charge is 0.478 e. The van der Waals surface area contributed by atoms with Crippen LogP contribution in [0.3, 0.4) is 0 Å². The van der Waals surface area contributed by atoms with E-state index in [-0.39, 0.29) is 11.5 Å². The standard InChI is InChI=1S/C17H20O3/c18-15-11-5-10-6-12(15)9-17(7-10,8-11)14-4-2-1-3-13(14)16(19)20/h1-4,10-12,15,18H,5-9H2,(H,19,20). The highest BCUT2D eigenvalue weighted by molar-refractivity contribution is 5.89. The van der Waals surface area contributed by atoms with Crippen LogP contribution in [0, 0.1) is 17.8 Å². The van der Waals surface area contributed by atoms with E-state index in [4.69, 9.17) is 0 Å². The lowest BCUT2D eigenvalue weighted by atomic mass is 9.46. The zero-order valence-electron chi connectivity index (χ0n) is 11.5. The average Bonchev–Trinajstić information content (AvgIpc) is 2.43. The fourth-order valence-electron chi connectivity index (χ4n) is 5.46. The van der Waals surface area contributed by atoms with Crippen LogP contribution in [0.4, 0.5) is 0 Å². The van der Waals surface area contributed by atoms with Crippen LogP contribution in [0.2, 0.25) is 0 Å². The molecule has 4 aliphatic carbocycles. The van der Waals surface area contributed by atoms with E-state index in [2.05, 4.69) is 0 Å². The second-order valence-electron chi connectivity index (χ2n) is 7.09. The maximum Gasteiger partial charge on any atom is 0.335 e. The molecule has 3 heteroatoms. The summed E-state index contributed by atoms with van der Waals surface area (Å²) in [6.45, 7) is 0. The van der Waals surface area contributed by atoms with Gasteiger partial charge >= 0.3 is 5.97 Å². The first-order chi connectivity index (χ1) is 9.59. The van der Waals surface area contributed by atoms with Crippen molar-refractivity contribution in [1.82, 2.24) is 0 Å². The van der Waals surface area contributed by atoms with Crippen LogP contribution >= 0.6 is 0 Å². The van der Waals surface area contributed by atoms with Crippen molar-refractivity contribution in [2.24, 2.45) is 17.8 Å². The quantitative estimate of drug-likeness (QED) is 0.870. The fraction of sp³-hybridized carbons (Fsp3) is 0.588. The number of aromatic carboxylic acids is 1. The van der Waals surface area contributed by atoms with E-state index in [9.17, 15) is 15.0 Å². The normalized spacial score (nSPS) is 41.9. The van der Waals surface area contributed by atoms with Gasteiger partial charge in [-0.1, -0.05) is 18.2 Å². The van der Waals surface area contributed by atoms with Gasteiger partial charge in [0.05, 0.1) is 11.7 Å². The van der Waals surface area contributed by atoms with Gasteiger partial charge < -0.3 is 10.2 Å². The third-order valence-electron chi connectivity index (χ3n) is 5.95. The molecule has 20 heavy (non-hydrogen) atoms. The number of hydrogen-bond acceptors (Lipinski definition) is 2. The molecule has 5 rings (SSSR count). The summed E-state index contributed by atoms with van der Waals surface area (Å²) in [4.78, 5) is 11.5. The molecule has 1 aromatic rings. The molecule has 0 aromatic heterocycles. The lowest BCUT2D eigenvalue weighted by Crippen LogP contribution is -2.55. The molecule has 0 heterocycles. The highest BCUT2D eigenvalue weighted by Gasteiger charge is 2.56. The molecule has 1 aromatic carbocycles. The Morgan fingerprint density at radius 1 is 1.10 bits per heavy atom. The van der Waals surface area contributed by atoms with Crippen molar-refractivity contribution in [2.45, 2.75) is 43.6 Å². The van der Waals surface area contributed by atoms with Gasteiger partial charge in [0.15, 0.2) is 0 Å². The SMILES string of the molecule is O=C(O)c1ccccc1C12CC3CC(C1)C(O)C(C3)C2. The third kappa shape index (κ3) is 1.59. The maximum absolute atomic E-state index is 11.5. The van der Waals surface area contributed by atoms with Gasteiger partial charge in [-0.25, -0.2) is 4.79 Å². The van der Waals surface area contributed by atoms with E-state index in [1.807, 2.05) is 18.2 Å². The van der Waals surface area contributed by atoms with Crippen LogP contribution in [0.5, 0.6) is 0 Å². The molecule has 106 valence electrons. The molecule has 0 spiro atoms. The van der Waals surface area contributed by atoms with Gasteiger partial charge in [-0.05, 0) is 66.9 Å². The Bertz CT molecular complexity index is 549. The van der Waals surface area contributed by atoms with Crippen molar-refractivity contribution in [2.75, 3.05) is 0 Å². The molecule has 0 saturated heterocycles. The molecule has 0 amide bonds. The van der Waals surface area contributed by atoms with Crippen LogP contribution in [0.25, 0.3) is 0 Å². The summed E-state index contributed by atoms with van der Waals surface area (Å²) in [5, 5.41) is 19.8. The van der Waals surface area contributed by atoms with Crippen LogP contribution < -0.4 is 0 Å². The van der Waals surface area contributed by atoms with E-state index in [0.29, 0.717) is 23.3 Å². The minimum Gasteiger partial charge on any atom is -0.478 e. The average molecular weight is 272 g/mol. The van der Waals surface area contributed by atoms with E-state index >= 15 is 0 Å². The van der Waals surface area contributed by atoms with E-state index in [0.717, 1.165) is 37.7 Å². The molecule has 2 atom stereocenters. The second kappa shape index (κ2) is 4.08. The number of carboxylic acid groups (broad SMARTS) is 1. The topological polar surface area (TPSA) is 57.5 Å². The fourth-order valence-corrected chi connectivity index (χ4v) is 5.46. The summed E-state index contributed by atoms with van der Waals surface area (Å²) in [6.07, 6.45) is 5.15. The smallest absolute Gasteiger partial charge is 0.335 e. The van der Waals surface area contributed by atoms with E-state index in [1.54, 1.807) is 6.07 Å². The summed E-state index contributed by atoms with van der Waals surface area (Å²) in [5.74, 6) is 0.612. The summed E-state index contributed by atoms with van der Waals surface area (Å²) in [7, 11) is 0. The van der Waals surface area contributed by atoms with Crippen molar-refractivity contribution in [3.8, 4) is 0 Å². The zero-order valence-corrected chi connectivity index (χ0v) is 11.5. The van der Waals surface area contributed by atoms with Crippen molar-refractivity contribution < 1.29 is 15.0 Å². The van der Waals surface area contributed by atoms with Gasteiger partial charge in [-0.15, -0.1) is 0 Å². The highest BCUT2D eigenvalue weighted by Crippen LogP contribution is 2.61. The molecule has 2 unspecified atom stereocenters. The van der Waals surface area contributed by atoms with Gasteiger partial charge in [0, 0.05) is 0 Å². The lowest BCUT2D eigenvalue weighted by Gasteiger charge is -2.59. The molecular weight excluding hydrogens is 252 g/mol. The Kier molecular flexibility index (Phi) is 2.53. The predicted octanol–water partition coefficient (Wildman–Crippen LogP) is 2.82. The molecule has 4 saturated carbocycles. The number of carboxylic acids is 1. The first kappa shape index (κ1) is 12.4. The van der Waals surface area contributed by atoms with Crippen molar-refractivity contribution in [3.63, 3.8) is 0 Å². The van der Waals surface area contributed by atoms with E-state index in [1.165, 1.54) is 0 Å². The Balaban J connectivity index is 1.81. The highest BCUT2D eigenvalue weighted by atomic mass is 16.4. The molecule has 4 aliphatic rings. The Hall–Kier alpha value is -1.35. The number of rotatable bonds is 2. The van der Waals surface area contributed by atoms with Crippen LogP contribution in [0.15, 0.2) is 24.3 Å². The van der Waals surface area contributed by atoms with Crippen LogP contribution in [0.1, 0.15) is 48.0 Å². The predicted molar refractivity (Wildman–Crippen MR) is 74.6 cm³/mol. The van der Waals surface area contributed by atoms with Crippen LogP contribution in [-0.2, 0) is 5.41 Å². The number of benzene rings is 1. The van der Waals surface area contributed by atoms with Gasteiger partial charge in [0.25, 0.3) is 0 Å². The van der Waals surface area contributed by atoms with E-state index < -0.39 is 5.97 Å². The minimum atomic E-state index is -0.822. The Morgan fingerprint density at radius 2 is 1.75 bits per heavy atom. The third-order valence-corrected chi connectivity index (χ3v) is 5.95. The molecule has 0 aliphatic heterocycles. The Morgan fingerprint density at radius 3 is 2.40 bits per heavy atom. The lowest BCUT2D eigenvalue weighted by molar-refractivity contribution is -0.106. The maximum atomic E-state index is 11.5. The number of hydrogen-bond donors (Lipinski definition) is 2. The zero-order chi connectivity index (χ0) is 13.9. The number of carbonyl (C=O) groups is 1. The monoisotopic (exact) mass is 272 g/mol. The Labute approximate surface area is 118 Å². The van der Waals surface area contributed by atoms with Crippen molar-refractivity contribution >= 4 is 5.97 Å². The summed E-state index contributed by atoms with van der Waals surface area (Å²) in [6, 6.07) is 7.49. The number of aliphatic hydroxyl groups excluding tert-OH is 1.